The Morgan fingerprint density at radius 1 is 1.20 bits per heavy atom. The van der Waals surface area contributed by atoms with Crippen molar-refractivity contribution in [2.24, 2.45) is 0 Å². The molecule has 3 nitrogen and oxygen atoms in total. The van der Waals surface area contributed by atoms with E-state index in [0.29, 0.717) is 0 Å². The van der Waals surface area contributed by atoms with Gasteiger partial charge in [-0.1, -0.05) is 18.2 Å². The van der Waals surface area contributed by atoms with Crippen LogP contribution in [0, 0.1) is 0 Å². The molecule has 0 aliphatic carbocycles. The fraction of sp³-hybridized carbons (Fsp3) is 0.417. The highest BCUT2D eigenvalue weighted by Crippen LogP contribution is 2.28. The Morgan fingerprint density at radius 3 is 2.27 bits per heavy atom. The van der Waals surface area contributed by atoms with Crippen LogP contribution in [0.2, 0.25) is 0 Å². The highest BCUT2D eigenvalue weighted by Gasteiger charge is 2.41. The lowest BCUT2D eigenvalue weighted by atomic mass is 10.1. The molecule has 1 saturated heterocycles. The van der Waals surface area contributed by atoms with Gasteiger partial charge in [0.25, 0.3) is 0 Å². The number of hydrogen-bond donors (Lipinski definition) is 0. The van der Waals surface area contributed by atoms with Gasteiger partial charge in [0, 0.05) is 12.7 Å². The third-order valence-corrected chi connectivity index (χ3v) is 3.04. The normalized spacial score (nSPS) is 19.8. The molecule has 0 radical (unpaired) electrons. The van der Waals surface area contributed by atoms with Crippen molar-refractivity contribution in [3.8, 4) is 0 Å². The number of urea groups is 1. The van der Waals surface area contributed by atoms with E-state index in [9.17, 15) is 4.79 Å². The summed E-state index contributed by atoms with van der Waals surface area (Å²) in [6, 6.07) is 9.87. The Hall–Kier alpha value is -1.51. The van der Waals surface area contributed by atoms with Crippen molar-refractivity contribution >= 4 is 11.7 Å². The van der Waals surface area contributed by atoms with Crippen LogP contribution in [0.3, 0.4) is 0 Å². The molecule has 0 bridgehead atoms. The highest BCUT2D eigenvalue weighted by atomic mass is 16.2. The largest absolute Gasteiger partial charge is 0.324 e. The van der Waals surface area contributed by atoms with Crippen molar-refractivity contribution in [3.05, 3.63) is 30.3 Å². The van der Waals surface area contributed by atoms with E-state index < -0.39 is 0 Å². The number of carbonyl (C=O) groups is 1. The first-order valence-electron chi connectivity index (χ1n) is 5.13. The van der Waals surface area contributed by atoms with Crippen LogP contribution in [-0.2, 0) is 0 Å². The van der Waals surface area contributed by atoms with Gasteiger partial charge in [-0.2, -0.15) is 0 Å². The number of hydrogen-bond acceptors (Lipinski definition) is 1. The average Bonchev–Trinajstić information content (AvgIpc) is 2.44. The summed E-state index contributed by atoms with van der Waals surface area (Å²) in [5.74, 6) is 0. The molecule has 0 atom stereocenters. The molecule has 1 aromatic rings. The molecule has 0 unspecified atom stereocenters. The highest BCUT2D eigenvalue weighted by molar-refractivity contribution is 5.95. The summed E-state index contributed by atoms with van der Waals surface area (Å²) in [5, 5.41) is 0. The zero-order valence-electron chi connectivity index (χ0n) is 9.40. The average molecular weight is 204 g/mol. The Balaban J connectivity index is 2.31. The smallest absolute Gasteiger partial charge is 0.320 e. The van der Waals surface area contributed by atoms with Gasteiger partial charge in [-0.15, -0.1) is 0 Å². The Bertz CT molecular complexity index is 372. The molecule has 15 heavy (non-hydrogen) atoms. The number of nitrogens with zero attached hydrogens (tertiary/aromatic N) is 2. The molecule has 80 valence electrons. The molecule has 0 saturated carbocycles. The summed E-state index contributed by atoms with van der Waals surface area (Å²) in [5.41, 5.74) is 0.882. The second-order valence-corrected chi connectivity index (χ2v) is 4.58. The molecule has 2 rings (SSSR count). The molecule has 0 spiro atoms. The van der Waals surface area contributed by atoms with Gasteiger partial charge in [-0.3, -0.25) is 4.90 Å². The van der Waals surface area contributed by atoms with Crippen LogP contribution >= 0.6 is 0 Å². The molecule has 0 N–H and O–H groups in total. The fourth-order valence-corrected chi connectivity index (χ4v) is 1.81. The molecular weight excluding hydrogens is 188 g/mol. The molecule has 1 fully saturated rings. The summed E-state index contributed by atoms with van der Waals surface area (Å²) in [4.78, 5) is 15.6. The van der Waals surface area contributed by atoms with Gasteiger partial charge in [0.1, 0.15) is 0 Å². The van der Waals surface area contributed by atoms with Gasteiger partial charge < -0.3 is 4.90 Å². The number of amides is 2. The van der Waals surface area contributed by atoms with Crippen LogP contribution in [0.25, 0.3) is 0 Å². The number of anilines is 1. The zero-order chi connectivity index (χ0) is 11.1. The molecule has 2 amide bonds. The molecular formula is C12H16N2O. The maximum atomic E-state index is 12.0. The van der Waals surface area contributed by atoms with E-state index in [2.05, 4.69) is 13.8 Å². The van der Waals surface area contributed by atoms with Crippen molar-refractivity contribution in [1.82, 2.24) is 4.90 Å². The molecule has 1 aliphatic heterocycles. The summed E-state index contributed by atoms with van der Waals surface area (Å²) in [6.07, 6.45) is 0. The second-order valence-electron chi connectivity index (χ2n) is 4.58. The minimum Gasteiger partial charge on any atom is -0.320 e. The van der Waals surface area contributed by atoms with Crippen LogP contribution in [0.5, 0.6) is 0 Å². The van der Waals surface area contributed by atoms with Gasteiger partial charge in [-0.25, -0.2) is 4.79 Å². The summed E-state index contributed by atoms with van der Waals surface area (Å²) >= 11 is 0. The maximum absolute atomic E-state index is 12.0. The SMILES string of the molecule is CN1C(=O)N(c2ccccc2)CC1(C)C. The van der Waals surface area contributed by atoms with E-state index >= 15 is 0 Å². The van der Waals surface area contributed by atoms with Crippen LogP contribution in [0.1, 0.15) is 13.8 Å². The molecule has 1 heterocycles. The van der Waals surface area contributed by atoms with Gasteiger partial charge in [-0.05, 0) is 26.0 Å². The second kappa shape index (κ2) is 3.26. The molecule has 0 aromatic heterocycles. The van der Waals surface area contributed by atoms with Gasteiger partial charge in [0.2, 0.25) is 0 Å². The first-order chi connectivity index (χ1) is 7.02. The number of para-hydroxylation sites is 1. The minimum atomic E-state index is -0.0904. The first-order valence-corrected chi connectivity index (χ1v) is 5.13. The van der Waals surface area contributed by atoms with Crippen molar-refractivity contribution < 1.29 is 4.79 Å². The van der Waals surface area contributed by atoms with E-state index in [1.807, 2.05) is 42.3 Å². The lowest BCUT2D eigenvalue weighted by molar-refractivity contribution is 0.198. The minimum absolute atomic E-state index is 0.0752. The lowest BCUT2D eigenvalue weighted by Crippen LogP contribution is -2.38. The predicted octanol–water partition coefficient (Wildman–Crippen LogP) is 2.34. The summed E-state index contributed by atoms with van der Waals surface area (Å²) in [6.45, 7) is 4.90. The Labute approximate surface area is 90.3 Å². The van der Waals surface area contributed by atoms with Gasteiger partial charge in [0.15, 0.2) is 0 Å². The number of benzene rings is 1. The number of rotatable bonds is 1. The molecule has 1 aromatic carbocycles. The van der Waals surface area contributed by atoms with Crippen molar-refractivity contribution in [3.63, 3.8) is 0 Å². The van der Waals surface area contributed by atoms with Crippen LogP contribution < -0.4 is 4.90 Å². The van der Waals surface area contributed by atoms with E-state index in [1.54, 1.807) is 4.90 Å². The van der Waals surface area contributed by atoms with Crippen molar-refractivity contribution in [1.29, 1.82) is 0 Å². The Kier molecular flexibility index (Phi) is 2.18. The van der Waals surface area contributed by atoms with Crippen LogP contribution in [0.4, 0.5) is 10.5 Å². The first kappa shape index (κ1) is 10.0. The van der Waals surface area contributed by atoms with E-state index in [0.717, 1.165) is 12.2 Å². The van der Waals surface area contributed by atoms with Gasteiger partial charge >= 0.3 is 6.03 Å². The fourth-order valence-electron chi connectivity index (χ4n) is 1.81. The topological polar surface area (TPSA) is 23.6 Å². The standard InChI is InChI=1S/C12H16N2O/c1-12(2)9-14(11(15)13(12)3)10-7-5-4-6-8-10/h4-8H,9H2,1-3H3. The van der Waals surface area contributed by atoms with Crippen molar-refractivity contribution in [2.75, 3.05) is 18.5 Å². The molecule has 1 aliphatic rings. The van der Waals surface area contributed by atoms with Crippen LogP contribution in [-0.4, -0.2) is 30.1 Å². The Morgan fingerprint density at radius 2 is 1.80 bits per heavy atom. The predicted molar refractivity (Wildman–Crippen MR) is 61.0 cm³/mol. The van der Waals surface area contributed by atoms with Crippen LogP contribution in [0.15, 0.2) is 30.3 Å². The molecule has 3 heteroatoms. The van der Waals surface area contributed by atoms with E-state index in [4.69, 9.17) is 0 Å². The zero-order valence-corrected chi connectivity index (χ0v) is 9.40. The van der Waals surface area contributed by atoms with Gasteiger partial charge in [0.05, 0.1) is 12.1 Å². The maximum Gasteiger partial charge on any atom is 0.324 e. The lowest BCUT2D eigenvalue weighted by Gasteiger charge is -2.24. The third kappa shape index (κ3) is 1.58. The summed E-state index contributed by atoms with van der Waals surface area (Å²) < 4.78 is 0. The number of likely N-dealkylation sites (N-methyl/N-ethyl adjacent to an activating group) is 1. The van der Waals surface area contributed by atoms with E-state index in [1.165, 1.54) is 0 Å². The van der Waals surface area contributed by atoms with Crippen molar-refractivity contribution in [2.45, 2.75) is 19.4 Å². The third-order valence-electron chi connectivity index (χ3n) is 3.04. The quantitative estimate of drug-likeness (QED) is 0.688. The van der Waals surface area contributed by atoms with E-state index in [-0.39, 0.29) is 11.6 Å². The monoisotopic (exact) mass is 204 g/mol. The summed E-state index contributed by atoms with van der Waals surface area (Å²) in [7, 11) is 1.85. The number of carbonyl (C=O) groups excluding carboxylic acids is 1.